The number of benzene rings is 4. The number of hydrogen-bond acceptors (Lipinski definition) is 7. The zero-order chi connectivity index (χ0) is 31.5. The lowest BCUT2D eigenvalue weighted by atomic mass is 10.1. The van der Waals surface area contributed by atoms with Crippen molar-refractivity contribution in [1.29, 1.82) is 0 Å². The van der Waals surface area contributed by atoms with Gasteiger partial charge in [0.25, 0.3) is 11.8 Å². The van der Waals surface area contributed by atoms with Gasteiger partial charge >= 0.3 is 0 Å². The first kappa shape index (κ1) is 32.0. The van der Waals surface area contributed by atoms with Gasteiger partial charge in [0, 0.05) is 27.8 Å². The third-order valence-electron chi connectivity index (χ3n) is 6.17. The summed E-state index contributed by atoms with van der Waals surface area (Å²) < 4.78 is 16.3. The first-order valence-corrected chi connectivity index (χ1v) is 14.6. The molecule has 0 fully saturated rings. The summed E-state index contributed by atoms with van der Waals surface area (Å²) in [5, 5.41) is 8.78. The third-order valence-corrected chi connectivity index (χ3v) is 7.50. The molecule has 4 rings (SSSR count). The maximum atomic E-state index is 13.6. The SMILES string of the molecule is COc1cc(OC)c(OC)cc1/C=C(/NC(=O)c1ccccc1)C(=O)Nc1cccc(SCC(=O)Nc2ccccc2Cl)c1. The van der Waals surface area contributed by atoms with Crippen molar-refractivity contribution in [3.63, 3.8) is 0 Å². The van der Waals surface area contributed by atoms with Crippen LogP contribution in [0.15, 0.2) is 102 Å². The number of nitrogens with one attached hydrogen (secondary N) is 3. The highest BCUT2D eigenvalue weighted by Crippen LogP contribution is 2.35. The van der Waals surface area contributed by atoms with Crippen LogP contribution in [-0.2, 0) is 9.59 Å². The van der Waals surface area contributed by atoms with Gasteiger partial charge in [-0.3, -0.25) is 14.4 Å². The van der Waals surface area contributed by atoms with E-state index in [4.69, 9.17) is 25.8 Å². The van der Waals surface area contributed by atoms with Crippen LogP contribution in [0.3, 0.4) is 0 Å². The van der Waals surface area contributed by atoms with E-state index in [9.17, 15) is 14.4 Å². The van der Waals surface area contributed by atoms with Crippen molar-refractivity contribution in [3.8, 4) is 17.2 Å². The van der Waals surface area contributed by atoms with Crippen LogP contribution in [0, 0.1) is 0 Å². The van der Waals surface area contributed by atoms with Crippen LogP contribution in [-0.4, -0.2) is 44.8 Å². The number of rotatable bonds is 12. The van der Waals surface area contributed by atoms with Gasteiger partial charge in [-0.2, -0.15) is 0 Å². The van der Waals surface area contributed by atoms with E-state index < -0.39 is 11.8 Å². The van der Waals surface area contributed by atoms with Crippen molar-refractivity contribution in [2.75, 3.05) is 37.7 Å². The standard InChI is InChI=1S/C33H30ClN3O6S/c1-41-28-19-30(43-3)29(42-2)17-22(28)16-27(37-32(39)21-10-5-4-6-11-21)33(40)35-23-12-9-13-24(18-23)44-20-31(38)36-26-15-8-7-14-25(26)34/h4-19H,20H2,1-3H3,(H,35,40)(H,36,38)(H,37,39)/b27-16+. The van der Waals surface area contributed by atoms with Crippen LogP contribution in [0.5, 0.6) is 17.2 Å². The molecule has 226 valence electrons. The second-order valence-electron chi connectivity index (χ2n) is 9.13. The molecule has 0 bridgehead atoms. The Morgan fingerprint density at radius 2 is 1.45 bits per heavy atom. The minimum Gasteiger partial charge on any atom is -0.496 e. The monoisotopic (exact) mass is 631 g/mol. The molecular formula is C33H30ClN3O6S. The van der Waals surface area contributed by atoms with E-state index in [0.717, 1.165) is 4.90 Å². The first-order chi connectivity index (χ1) is 21.3. The summed E-state index contributed by atoms with van der Waals surface area (Å²) in [6, 6.07) is 25.8. The van der Waals surface area contributed by atoms with Crippen molar-refractivity contribution < 1.29 is 28.6 Å². The number of hydrogen-bond donors (Lipinski definition) is 3. The number of carbonyl (C=O) groups is 3. The Morgan fingerprint density at radius 3 is 2.16 bits per heavy atom. The molecule has 3 amide bonds. The molecule has 0 aliphatic rings. The van der Waals surface area contributed by atoms with Gasteiger partial charge in [-0.15, -0.1) is 11.8 Å². The van der Waals surface area contributed by atoms with E-state index in [1.54, 1.807) is 84.9 Å². The molecule has 0 unspecified atom stereocenters. The molecular weight excluding hydrogens is 602 g/mol. The first-order valence-electron chi connectivity index (χ1n) is 13.3. The average Bonchev–Trinajstić information content (AvgIpc) is 3.04. The summed E-state index contributed by atoms with van der Waals surface area (Å²) in [5.74, 6) is 0.100. The maximum absolute atomic E-state index is 13.6. The Hall–Kier alpha value is -4.93. The normalized spacial score (nSPS) is 10.9. The van der Waals surface area contributed by atoms with E-state index in [1.165, 1.54) is 39.2 Å². The molecule has 0 aliphatic heterocycles. The molecule has 0 saturated carbocycles. The van der Waals surface area contributed by atoms with Crippen molar-refractivity contribution in [1.82, 2.24) is 5.32 Å². The summed E-state index contributed by atoms with van der Waals surface area (Å²) in [6.45, 7) is 0. The molecule has 0 aliphatic carbocycles. The smallest absolute Gasteiger partial charge is 0.272 e. The lowest BCUT2D eigenvalue weighted by molar-refractivity contribution is -0.114. The highest BCUT2D eigenvalue weighted by atomic mass is 35.5. The molecule has 11 heteroatoms. The van der Waals surface area contributed by atoms with E-state index in [-0.39, 0.29) is 17.4 Å². The summed E-state index contributed by atoms with van der Waals surface area (Å²) in [6.07, 6.45) is 1.49. The Balaban J connectivity index is 1.55. The molecule has 44 heavy (non-hydrogen) atoms. The number of carbonyl (C=O) groups excluding carboxylic acids is 3. The predicted molar refractivity (Wildman–Crippen MR) is 174 cm³/mol. The summed E-state index contributed by atoms with van der Waals surface area (Å²) >= 11 is 7.43. The number of halogens is 1. The largest absolute Gasteiger partial charge is 0.496 e. The molecule has 3 N–H and O–H groups in total. The molecule has 0 atom stereocenters. The number of amides is 3. The van der Waals surface area contributed by atoms with Crippen LogP contribution >= 0.6 is 23.4 Å². The fourth-order valence-corrected chi connectivity index (χ4v) is 4.96. The Kier molecular flexibility index (Phi) is 11.3. The van der Waals surface area contributed by atoms with Gasteiger partial charge in [-0.1, -0.05) is 48.0 Å². The molecule has 0 spiro atoms. The van der Waals surface area contributed by atoms with Crippen LogP contribution < -0.4 is 30.2 Å². The van der Waals surface area contributed by atoms with Gasteiger partial charge in [-0.25, -0.2) is 0 Å². The van der Waals surface area contributed by atoms with E-state index in [1.807, 2.05) is 6.07 Å². The van der Waals surface area contributed by atoms with Crippen molar-refractivity contribution in [2.45, 2.75) is 4.90 Å². The van der Waals surface area contributed by atoms with Gasteiger partial charge < -0.3 is 30.2 Å². The lowest BCUT2D eigenvalue weighted by Crippen LogP contribution is -2.30. The van der Waals surface area contributed by atoms with E-state index >= 15 is 0 Å². The minimum atomic E-state index is -0.579. The number of ether oxygens (including phenoxy) is 3. The van der Waals surface area contributed by atoms with Crippen LogP contribution in [0.4, 0.5) is 11.4 Å². The number of para-hydroxylation sites is 1. The summed E-state index contributed by atoms with van der Waals surface area (Å²) in [4.78, 5) is 39.9. The Bertz CT molecular complexity index is 1680. The second-order valence-corrected chi connectivity index (χ2v) is 10.6. The van der Waals surface area contributed by atoms with Crippen LogP contribution in [0.2, 0.25) is 5.02 Å². The van der Waals surface area contributed by atoms with Crippen LogP contribution in [0.1, 0.15) is 15.9 Å². The summed E-state index contributed by atoms with van der Waals surface area (Å²) in [7, 11) is 4.48. The Morgan fingerprint density at radius 1 is 0.773 bits per heavy atom. The minimum absolute atomic E-state index is 0.0402. The zero-order valence-electron chi connectivity index (χ0n) is 24.2. The molecule has 4 aromatic rings. The molecule has 0 aromatic heterocycles. The van der Waals surface area contributed by atoms with Crippen molar-refractivity contribution in [2.24, 2.45) is 0 Å². The predicted octanol–water partition coefficient (Wildman–Crippen LogP) is 6.51. The topological polar surface area (TPSA) is 115 Å². The van der Waals surface area contributed by atoms with Gasteiger partial charge in [0.05, 0.1) is 37.8 Å². The zero-order valence-corrected chi connectivity index (χ0v) is 25.8. The molecule has 0 radical (unpaired) electrons. The van der Waals surface area contributed by atoms with Crippen molar-refractivity contribution >= 4 is 58.5 Å². The number of methoxy groups -OCH3 is 3. The highest BCUT2D eigenvalue weighted by molar-refractivity contribution is 8.00. The van der Waals surface area contributed by atoms with Crippen LogP contribution in [0.25, 0.3) is 6.08 Å². The molecule has 9 nitrogen and oxygen atoms in total. The Labute approximate surface area is 264 Å². The summed E-state index contributed by atoms with van der Waals surface area (Å²) in [5.41, 5.74) is 1.80. The van der Waals surface area contributed by atoms with E-state index in [2.05, 4.69) is 16.0 Å². The highest BCUT2D eigenvalue weighted by Gasteiger charge is 2.18. The fourth-order valence-electron chi connectivity index (χ4n) is 4.02. The number of thioether (sulfide) groups is 1. The fraction of sp³-hybridized carbons (Fsp3) is 0.121. The lowest BCUT2D eigenvalue weighted by Gasteiger charge is -2.15. The average molecular weight is 632 g/mol. The van der Waals surface area contributed by atoms with Gasteiger partial charge in [0.1, 0.15) is 11.4 Å². The maximum Gasteiger partial charge on any atom is 0.272 e. The number of anilines is 2. The third kappa shape index (κ3) is 8.56. The molecule has 0 heterocycles. The van der Waals surface area contributed by atoms with E-state index in [0.29, 0.717) is 44.8 Å². The molecule has 0 saturated heterocycles. The van der Waals surface area contributed by atoms with Crippen molar-refractivity contribution in [3.05, 3.63) is 113 Å². The van der Waals surface area contributed by atoms with Gasteiger partial charge in [0.15, 0.2) is 11.5 Å². The second kappa shape index (κ2) is 15.5. The van der Waals surface area contributed by atoms with Gasteiger partial charge in [0.2, 0.25) is 5.91 Å². The van der Waals surface area contributed by atoms with Gasteiger partial charge in [-0.05, 0) is 54.6 Å². The molecule has 4 aromatic carbocycles. The quantitative estimate of drug-likeness (QED) is 0.121.